The van der Waals surface area contributed by atoms with Crippen molar-refractivity contribution in [3.8, 4) is 11.5 Å². The summed E-state index contributed by atoms with van der Waals surface area (Å²) < 4.78 is 16.1. The number of amides is 3. The average Bonchev–Trinajstić information content (AvgIpc) is 3.07. The molecule has 2 fully saturated rings. The summed E-state index contributed by atoms with van der Waals surface area (Å²) in [5.41, 5.74) is 0.596. The highest BCUT2D eigenvalue weighted by molar-refractivity contribution is 6.01. The third-order valence-corrected chi connectivity index (χ3v) is 5.25. The Morgan fingerprint density at radius 3 is 2.48 bits per heavy atom. The number of hydrogen-bond donors (Lipinski definition) is 0. The summed E-state index contributed by atoms with van der Waals surface area (Å²) in [6.45, 7) is 1.17. The van der Waals surface area contributed by atoms with Gasteiger partial charge in [0.15, 0.2) is 0 Å². The summed E-state index contributed by atoms with van der Waals surface area (Å²) in [4.78, 5) is 41.7. The highest BCUT2D eigenvalue weighted by atomic mass is 16.5. The fourth-order valence-corrected chi connectivity index (χ4v) is 3.41. The van der Waals surface area contributed by atoms with Gasteiger partial charge in [-0.05, 0) is 12.1 Å². The predicted octanol–water partition coefficient (Wildman–Crippen LogP) is 0.372. The number of carbonyl (C=O) groups is 3. The van der Waals surface area contributed by atoms with Gasteiger partial charge in [-0.2, -0.15) is 0 Å². The van der Waals surface area contributed by atoms with Gasteiger partial charge in [-0.25, -0.2) is 0 Å². The van der Waals surface area contributed by atoms with Crippen molar-refractivity contribution in [1.82, 2.24) is 9.80 Å². The van der Waals surface area contributed by atoms with Crippen molar-refractivity contribution in [2.45, 2.75) is 12.5 Å². The van der Waals surface area contributed by atoms with Crippen LogP contribution in [-0.2, 0) is 19.1 Å². The number of likely N-dealkylation sites (tertiary alicyclic amines) is 1. The summed E-state index contributed by atoms with van der Waals surface area (Å²) in [6, 6.07) is 5.23. The third kappa shape index (κ3) is 4.45. The monoisotopic (exact) mass is 405 g/mol. The minimum atomic E-state index is -0.414. The van der Waals surface area contributed by atoms with Gasteiger partial charge in [-0.1, -0.05) is 0 Å². The third-order valence-electron chi connectivity index (χ3n) is 5.25. The fourth-order valence-electron chi connectivity index (χ4n) is 3.41. The molecule has 2 saturated heterocycles. The maximum Gasteiger partial charge on any atom is 0.248 e. The zero-order valence-electron chi connectivity index (χ0n) is 17.2. The van der Waals surface area contributed by atoms with E-state index in [1.807, 2.05) is 0 Å². The summed E-state index contributed by atoms with van der Waals surface area (Å²) in [7, 11) is 6.43. The van der Waals surface area contributed by atoms with Crippen molar-refractivity contribution >= 4 is 23.4 Å². The van der Waals surface area contributed by atoms with E-state index in [-0.39, 0.29) is 36.9 Å². The first-order valence-corrected chi connectivity index (χ1v) is 9.47. The van der Waals surface area contributed by atoms with E-state index >= 15 is 0 Å². The molecule has 0 bridgehead atoms. The molecule has 0 saturated carbocycles. The van der Waals surface area contributed by atoms with Gasteiger partial charge in [0.25, 0.3) is 0 Å². The summed E-state index contributed by atoms with van der Waals surface area (Å²) in [5, 5.41) is 0. The first-order chi connectivity index (χ1) is 13.8. The average molecular weight is 405 g/mol. The molecule has 3 rings (SSSR count). The van der Waals surface area contributed by atoms with Gasteiger partial charge in [0.05, 0.1) is 31.9 Å². The van der Waals surface area contributed by atoms with Gasteiger partial charge in [-0.15, -0.1) is 0 Å². The number of ether oxygens (including phenoxy) is 3. The SMILES string of the molecule is COc1ccc(OC)c(N2CC(C(=O)N3CC(OCC(=O)N(C)C)C3)CC2=O)c1. The quantitative estimate of drug-likeness (QED) is 0.651. The van der Waals surface area contributed by atoms with E-state index in [1.54, 1.807) is 49.2 Å². The van der Waals surface area contributed by atoms with Crippen molar-refractivity contribution < 1.29 is 28.6 Å². The van der Waals surface area contributed by atoms with Crippen molar-refractivity contribution in [2.75, 3.05) is 59.5 Å². The van der Waals surface area contributed by atoms with Crippen molar-refractivity contribution in [3.05, 3.63) is 18.2 Å². The maximum atomic E-state index is 12.8. The van der Waals surface area contributed by atoms with E-state index in [0.717, 1.165) is 0 Å². The Morgan fingerprint density at radius 2 is 1.86 bits per heavy atom. The molecule has 9 heteroatoms. The van der Waals surface area contributed by atoms with Crippen LogP contribution in [0.1, 0.15) is 6.42 Å². The highest BCUT2D eigenvalue weighted by Crippen LogP contribution is 2.36. The molecule has 0 radical (unpaired) electrons. The molecule has 2 aliphatic heterocycles. The lowest BCUT2D eigenvalue weighted by molar-refractivity contribution is -0.153. The van der Waals surface area contributed by atoms with Crippen molar-refractivity contribution in [2.24, 2.45) is 5.92 Å². The lowest BCUT2D eigenvalue weighted by atomic mass is 10.0. The number of anilines is 1. The van der Waals surface area contributed by atoms with Crippen LogP contribution >= 0.6 is 0 Å². The van der Waals surface area contributed by atoms with E-state index in [4.69, 9.17) is 14.2 Å². The van der Waals surface area contributed by atoms with Gasteiger partial charge < -0.3 is 28.9 Å². The standard InChI is InChI=1S/C20H27N3O6/c1-21(2)19(25)12-29-15-10-22(11-15)20(26)13-7-18(24)23(9-13)16-8-14(27-3)5-6-17(16)28-4/h5-6,8,13,15H,7,9-12H2,1-4H3. The largest absolute Gasteiger partial charge is 0.497 e. The lowest BCUT2D eigenvalue weighted by Gasteiger charge is -2.40. The van der Waals surface area contributed by atoms with E-state index < -0.39 is 5.92 Å². The molecule has 0 aliphatic carbocycles. The molecule has 1 aromatic carbocycles. The number of rotatable bonds is 7. The molecule has 3 amide bonds. The number of nitrogens with zero attached hydrogens (tertiary/aromatic N) is 3. The number of carbonyl (C=O) groups excluding carboxylic acids is 3. The summed E-state index contributed by atoms with van der Waals surface area (Å²) in [5.74, 6) is 0.441. The maximum absolute atomic E-state index is 12.8. The molecule has 2 aliphatic rings. The Morgan fingerprint density at radius 1 is 1.14 bits per heavy atom. The van der Waals surface area contributed by atoms with Crippen LogP contribution in [0.5, 0.6) is 11.5 Å². The minimum Gasteiger partial charge on any atom is -0.497 e. The molecule has 2 heterocycles. The predicted molar refractivity (Wildman–Crippen MR) is 105 cm³/mol. The molecule has 29 heavy (non-hydrogen) atoms. The van der Waals surface area contributed by atoms with Gasteiger partial charge in [0.2, 0.25) is 17.7 Å². The van der Waals surface area contributed by atoms with Crippen LogP contribution in [0, 0.1) is 5.92 Å². The molecule has 1 aromatic rings. The molecular formula is C20H27N3O6. The molecule has 158 valence electrons. The second kappa shape index (κ2) is 8.69. The van der Waals surface area contributed by atoms with E-state index in [1.165, 1.54) is 12.0 Å². The molecule has 0 aromatic heterocycles. The minimum absolute atomic E-state index is 0.00498. The summed E-state index contributed by atoms with van der Waals surface area (Å²) in [6.07, 6.45) is 0.00916. The topological polar surface area (TPSA) is 88.6 Å². The van der Waals surface area contributed by atoms with Crippen LogP contribution < -0.4 is 14.4 Å². The van der Waals surface area contributed by atoms with Gasteiger partial charge in [-0.3, -0.25) is 14.4 Å². The zero-order valence-corrected chi connectivity index (χ0v) is 17.2. The smallest absolute Gasteiger partial charge is 0.248 e. The lowest BCUT2D eigenvalue weighted by Crippen LogP contribution is -2.57. The molecule has 9 nitrogen and oxygen atoms in total. The molecule has 1 atom stereocenters. The van der Waals surface area contributed by atoms with Gasteiger partial charge in [0.1, 0.15) is 18.1 Å². The Balaban J connectivity index is 1.57. The normalized spacial score (nSPS) is 19.2. The number of likely N-dealkylation sites (N-methyl/N-ethyl adjacent to an activating group) is 1. The Bertz CT molecular complexity index is 790. The van der Waals surface area contributed by atoms with Gasteiger partial charge in [0, 0.05) is 46.2 Å². The molecule has 1 unspecified atom stereocenters. The Labute approximate surface area is 170 Å². The van der Waals surface area contributed by atoms with E-state index in [2.05, 4.69) is 0 Å². The van der Waals surface area contributed by atoms with Crippen molar-refractivity contribution in [3.63, 3.8) is 0 Å². The van der Waals surface area contributed by atoms with Crippen LogP contribution in [0.15, 0.2) is 18.2 Å². The fraction of sp³-hybridized carbons (Fsp3) is 0.550. The second-order valence-electron chi connectivity index (χ2n) is 7.41. The molecule has 0 spiro atoms. The zero-order chi connectivity index (χ0) is 21.1. The first kappa shape index (κ1) is 20.9. The van der Waals surface area contributed by atoms with Crippen LogP contribution in [0.25, 0.3) is 0 Å². The van der Waals surface area contributed by atoms with E-state index in [9.17, 15) is 14.4 Å². The number of hydrogen-bond acceptors (Lipinski definition) is 6. The molecular weight excluding hydrogens is 378 g/mol. The number of benzene rings is 1. The van der Waals surface area contributed by atoms with Crippen molar-refractivity contribution in [1.29, 1.82) is 0 Å². The van der Waals surface area contributed by atoms with E-state index in [0.29, 0.717) is 36.8 Å². The van der Waals surface area contributed by atoms with Crippen LogP contribution in [0.3, 0.4) is 0 Å². The second-order valence-corrected chi connectivity index (χ2v) is 7.41. The Hall–Kier alpha value is -2.81. The van der Waals surface area contributed by atoms with Gasteiger partial charge >= 0.3 is 0 Å². The Kier molecular flexibility index (Phi) is 6.26. The summed E-state index contributed by atoms with van der Waals surface area (Å²) >= 11 is 0. The van der Waals surface area contributed by atoms with Crippen LogP contribution in [0.4, 0.5) is 5.69 Å². The first-order valence-electron chi connectivity index (χ1n) is 9.47. The van der Waals surface area contributed by atoms with Crippen LogP contribution in [-0.4, -0.2) is 88.2 Å². The number of methoxy groups -OCH3 is 2. The molecule has 0 N–H and O–H groups in total. The van der Waals surface area contributed by atoms with Crippen LogP contribution in [0.2, 0.25) is 0 Å². The highest BCUT2D eigenvalue weighted by Gasteiger charge is 2.42.